The zero-order valence-electron chi connectivity index (χ0n) is 11.9. The van der Waals surface area contributed by atoms with E-state index in [0.29, 0.717) is 25.0 Å². The van der Waals surface area contributed by atoms with Crippen LogP contribution in [0.1, 0.15) is 18.4 Å². The molecule has 0 spiro atoms. The molecule has 0 radical (unpaired) electrons. The first-order chi connectivity index (χ1) is 10.7. The molecular formula is C14H14F4N2O3. The summed E-state index contributed by atoms with van der Waals surface area (Å²) in [6.45, 7) is -0.0114. The molecule has 5 nitrogen and oxygen atoms in total. The quantitative estimate of drug-likeness (QED) is 0.640. The molecule has 1 aliphatic heterocycles. The lowest BCUT2D eigenvalue weighted by Crippen LogP contribution is -2.43. The Kier molecular flexibility index (Phi) is 4.88. The number of halogens is 4. The third kappa shape index (κ3) is 3.79. The van der Waals surface area contributed by atoms with Gasteiger partial charge in [-0.2, -0.15) is 13.2 Å². The molecule has 9 heteroatoms. The number of amides is 2. The van der Waals surface area contributed by atoms with Gasteiger partial charge in [-0.1, -0.05) is 0 Å². The van der Waals surface area contributed by atoms with Crippen LogP contribution in [-0.2, 0) is 15.8 Å². The first-order valence-electron chi connectivity index (χ1n) is 6.83. The van der Waals surface area contributed by atoms with Gasteiger partial charge in [-0.25, -0.2) is 4.39 Å². The number of benzene rings is 1. The molecule has 1 atom stereocenters. The summed E-state index contributed by atoms with van der Waals surface area (Å²) in [5.41, 5.74) is -1.87. The summed E-state index contributed by atoms with van der Waals surface area (Å²) in [6.07, 6.45) is -3.74. The van der Waals surface area contributed by atoms with Gasteiger partial charge in [-0.05, 0) is 31.0 Å². The zero-order valence-corrected chi connectivity index (χ0v) is 11.9. The Labute approximate surface area is 128 Å². The first-order valence-corrected chi connectivity index (χ1v) is 6.83. The van der Waals surface area contributed by atoms with Crippen molar-refractivity contribution in [3.8, 4) is 0 Å². The van der Waals surface area contributed by atoms with Crippen LogP contribution >= 0.6 is 0 Å². The molecule has 1 heterocycles. The third-order valence-electron chi connectivity index (χ3n) is 3.57. The Morgan fingerprint density at radius 2 is 2.04 bits per heavy atom. The van der Waals surface area contributed by atoms with Crippen LogP contribution in [0.25, 0.3) is 0 Å². The summed E-state index contributed by atoms with van der Waals surface area (Å²) < 4.78 is 51.0. The summed E-state index contributed by atoms with van der Waals surface area (Å²) in [6, 6.07) is 1.44. The molecule has 0 aromatic heterocycles. The Bertz CT molecular complexity index is 619. The van der Waals surface area contributed by atoms with Crippen molar-refractivity contribution in [2.24, 2.45) is 0 Å². The highest BCUT2D eigenvalue weighted by Crippen LogP contribution is 2.33. The number of carbonyl (C=O) groups is 2. The Morgan fingerprint density at radius 1 is 1.35 bits per heavy atom. The maximum Gasteiger partial charge on any atom is 0.419 e. The standard InChI is InChI=1S/C14H14F4N2O3/c15-11-4-3-8(6-10(11)14(16,17)18)19-12(22)13(23)20-5-1-2-9(20)7-21/h3-4,6,9,21H,1-2,5,7H2,(H,19,22)/t9-/m0/s1. The number of anilines is 1. The lowest BCUT2D eigenvalue weighted by atomic mass is 10.1. The van der Waals surface area contributed by atoms with Crippen molar-refractivity contribution in [3.63, 3.8) is 0 Å². The number of alkyl halides is 3. The number of likely N-dealkylation sites (tertiary alicyclic amines) is 1. The van der Waals surface area contributed by atoms with E-state index in [4.69, 9.17) is 5.11 Å². The highest BCUT2D eigenvalue weighted by Gasteiger charge is 2.35. The van der Waals surface area contributed by atoms with E-state index in [-0.39, 0.29) is 18.8 Å². The Hall–Kier alpha value is -2.16. The van der Waals surface area contributed by atoms with Crippen LogP contribution in [-0.4, -0.2) is 41.0 Å². The number of rotatable bonds is 2. The van der Waals surface area contributed by atoms with Crippen LogP contribution in [0.3, 0.4) is 0 Å². The molecular weight excluding hydrogens is 320 g/mol. The number of nitrogens with zero attached hydrogens (tertiary/aromatic N) is 1. The maximum atomic E-state index is 13.2. The second kappa shape index (κ2) is 6.53. The van der Waals surface area contributed by atoms with Crippen molar-refractivity contribution in [1.29, 1.82) is 0 Å². The zero-order chi connectivity index (χ0) is 17.2. The van der Waals surface area contributed by atoms with Crippen molar-refractivity contribution in [1.82, 2.24) is 4.90 Å². The molecule has 23 heavy (non-hydrogen) atoms. The van der Waals surface area contributed by atoms with Crippen LogP contribution in [0.15, 0.2) is 18.2 Å². The number of aliphatic hydroxyl groups is 1. The minimum absolute atomic E-state index is 0.286. The molecule has 0 unspecified atom stereocenters. The van der Waals surface area contributed by atoms with E-state index in [1.165, 1.54) is 4.90 Å². The summed E-state index contributed by atoms with van der Waals surface area (Å²) in [7, 11) is 0. The predicted octanol–water partition coefficient (Wildman–Crippen LogP) is 1.77. The summed E-state index contributed by atoms with van der Waals surface area (Å²) in [5, 5.41) is 11.1. The number of nitrogens with one attached hydrogen (secondary N) is 1. The molecule has 1 fully saturated rings. The smallest absolute Gasteiger partial charge is 0.394 e. The number of hydrogen-bond acceptors (Lipinski definition) is 3. The minimum Gasteiger partial charge on any atom is -0.394 e. The van der Waals surface area contributed by atoms with E-state index in [9.17, 15) is 27.2 Å². The minimum atomic E-state index is -4.91. The number of hydrogen-bond donors (Lipinski definition) is 2. The maximum absolute atomic E-state index is 13.2. The molecule has 0 bridgehead atoms. The fourth-order valence-electron chi connectivity index (χ4n) is 2.43. The Morgan fingerprint density at radius 3 is 2.65 bits per heavy atom. The number of carbonyl (C=O) groups excluding carboxylic acids is 2. The van der Waals surface area contributed by atoms with Gasteiger partial charge in [0.25, 0.3) is 0 Å². The second-order valence-corrected chi connectivity index (χ2v) is 5.12. The molecule has 2 N–H and O–H groups in total. The summed E-state index contributed by atoms with van der Waals surface area (Å²) in [4.78, 5) is 25.0. The molecule has 1 aromatic carbocycles. The van der Waals surface area contributed by atoms with Gasteiger partial charge in [-0.15, -0.1) is 0 Å². The SMILES string of the molecule is O=C(Nc1ccc(F)c(C(F)(F)F)c1)C(=O)N1CCC[C@H]1CO. The molecule has 1 saturated heterocycles. The van der Waals surface area contributed by atoms with E-state index >= 15 is 0 Å². The molecule has 0 aliphatic carbocycles. The van der Waals surface area contributed by atoms with E-state index in [2.05, 4.69) is 0 Å². The molecule has 2 amide bonds. The van der Waals surface area contributed by atoms with Gasteiger partial charge in [0.1, 0.15) is 5.82 Å². The molecule has 126 valence electrons. The van der Waals surface area contributed by atoms with E-state index in [1.807, 2.05) is 5.32 Å². The van der Waals surface area contributed by atoms with E-state index < -0.39 is 35.4 Å². The van der Waals surface area contributed by atoms with Gasteiger partial charge in [0, 0.05) is 12.2 Å². The van der Waals surface area contributed by atoms with Crippen LogP contribution < -0.4 is 5.32 Å². The third-order valence-corrected chi connectivity index (χ3v) is 3.57. The lowest BCUT2D eigenvalue weighted by Gasteiger charge is -2.22. The lowest BCUT2D eigenvalue weighted by molar-refractivity contribution is -0.144. The van der Waals surface area contributed by atoms with Gasteiger partial charge >= 0.3 is 18.0 Å². The van der Waals surface area contributed by atoms with Crippen molar-refractivity contribution in [2.75, 3.05) is 18.5 Å². The molecule has 1 aromatic rings. The van der Waals surface area contributed by atoms with Gasteiger partial charge < -0.3 is 15.3 Å². The van der Waals surface area contributed by atoms with Gasteiger partial charge in [-0.3, -0.25) is 9.59 Å². The van der Waals surface area contributed by atoms with Crippen LogP contribution in [0.2, 0.25) is 0 Å². The number of aliphatic hydroxyl groups excluding tert-OH is 1. The fraction of sp³-hybridized carbons (Fsp3) is 0.429. The molecule has 2 rings (SSSR count). The average Bonchev–Trinajstić information content (AvgIpc) is 2.95. The second-order valence-electron chi connectivity index (χ2n) is 5.12. The highest BCUT2D eigenvalue weighted by atomic mass is 19.4. The molecule has 0 saturated carbocycles. The average molecular weight is 334 g/mol. The van der Waals surface area contributed by atoms with Crippen LogP contribution in [0, 0.1) is 5.82 Å². The summed E-state index contributed by atoms with van der Waals surface area (Å²) >= 11 is 0. The van der Waals surface area contributed by atoms with Crippen molar-refractivity contribution >= 4 is 17.5 Å². The Balaban J connectivity index is 2.13. The van der Waals surface area contributed by atoms with E-state index in [0.717, 1.165) is 6.07 Å². The van der Waals surface area contributed by atoms with E-state index in [1.54, 1.807) is 0 Å². The monoisotopic (exact) mass is 334 g/mol. The van der Waals surface area contributed by atoms with Crippen molar-refractivity contribution < 1.29 is 32.3 Å². The fourth-order valence-corrected chi connectivity index (χ4v) is 2.43. The van der Waals surface area contributed by atoms with Crippen LogP contribution in [0.5, 0.6) is 0 Å². The van der Waals surface area contributed by atoms with Gasteiger partial charge in [0.15, 0.2) is 0 Å². The normalized spacial score (nSPS) is 18.1. The first kappa shape index (κ1) is 17.2. The van der Waals surface area contributed by atoms with Crippen LogP contribution in [0.4, 0.5) is 23.2 Å². The largest absolute Gasteiger partial charge is 0.419 e. The molecule has 1 aliphatic rings. The highest BCUT2D eigenvalue weighted by molar-refractivity contribution is 6.39. The van der Waals surface area contributed by atoms with Gasteiger partial charge in [0.05, 0.1) is 18.2 Å². The topological polar surface area (TPSA) is 69.6 Å². The van der Waals surface area contributed by atoms with Crippen molar-refractivity contribution in [3.05, 3.63) is 29.6 Å². The van der Waals surface area contributed by atoms with Gasteiger partial charge in [0.2, 0.25) is 0 Å². The summed E-state index contributed by atoms with van der Waals surface area (Å²) in [5.74, 6) is -3.55. The predicted molar refractivity (Wildman–Crippen MR) is 71.9 cm³/mol. The van der Waals surface area contributed by atoms with Crippen molar-refractivity contribution in [2.45, 2.75) is 25.1 Å².